The van der Waals surface area contributed by atoms with Crippen molar-refractivity contribution in [2.24, 2.45) is 5.92 Å². The highest BCUT2D eigenvalue weighted by Crippen LogP contribution is 2.16. The van der Waals surface area contributed by atoms with Crippen molar-refractivity contribution in [3.05, 3.63) is 18.2 Å². The van der Waals surface area contributed by atoms with Crippen LogP contribution in [0.15, 0.2) is 12.5 Å². The number of hydrogen-bond acceptors (Lipinski definition) is 3. The Morgan fingerprint density at radius 2 is 2.06 bits per heavy atom. The van der Waals surface area contributed by atoms with Gasteiger partial charge in [0.15, 0.2) is 0 Å². The van der Waals surface area contributed by atoms with Crippen molar-refractivity contribution in [2.75, 3.05) is 20.6 Å². The van der Waals surface area contributed by atoms with Crippen LogP contribution in [0, 0.1) is 5.92 Å². The minimum Gasteiger partial charge on any atom is -0.347 e. The van der Waals surface area contributed by atoms with E-state index in [-0.39, 0.29) is 0 Å². The summed E-state index contributed by atoms with van der Waals surface area (Å²) in [6.45, 7) is 6.45. The fraction of sp³-hybridized carbons (Fsp3) is 0.769. The Balaban J connectivity index is 2.39. The molecular weight excluding hydrogens is 212 g/mol. The predicted octanol–water partition coefficient (Wildman–Crippen LogP) is 1.87. The number of nitrogens with one attached hydrogen (secondary N) is 2. The minimum atomic E-state index is 0.605. The van der Waals surface area contributed by atoms with Crippen LogP contribution in [-0.4, -0.2) is 41.5 Å². The van der Waals surface area contributed by atoms with Gasteiger partial charge in [-0.25, -0.2) is 4.98 Å². The van der Waals surface area contributed by atoms with E-state index in [1.54, 1.807) is 6.33 Å². The Hall–Kier alpha value is -0.870. The Labute approximate surface area is 105 Å². The van der Waals surface area contributed by atoms with E-state index in [1.165, 1.54) is 12.8 Å². The molecule has 0 spiro atoms. The summed E-state index contributed by atoms with van der Waals surface area (Å²) in [7, 11) is 4.34. The number of aromatic nitrogens is 2. The summed E-state index contributed by atoms with van der Waals surface area (Å²) in [6, 6.07) is 0.605. The first-order valence-corrected chi connectivity index (χ1v) is 6.53. The molecule has 0 saturated carbocycles. The van der Waals surface area contributed by atoms with E-state index in [4.69, 9.17) is 0 Å². The second-order valence-electron chi connectivity index (χ2n) is 4.82. The minimum absolute atomic E-state index is 0.605. The highest BCUT2D eigenvalue weighted by atomic mass is 15.1. The first-order valence-electron chi connectivity index (χ1n) is 6.53. The molecule has 0 fully saturated rings. The van der Waals surface area contributed by atoms with Crippen molar-refractivity contribution in [1.82, 2.24) is 20.2 Å². The molecule has 0 aliphatic heterocycles. The number of aromatic amines is 1. The third kappa shape index (κ3) is 4.48. The Morgan fingerprint density at radius 3 is 2.53 bits per heavy atom. The van der Waals surface area contributed by atoms with Crippen LogP contribution in [0.25, 0.3) is 0 Å². The molecular formula is C13H26N4. The summed E-state index contributed by atoms with van der Waals surface area (Å²) >= 11 is 0. The average Bonchev–Trinajstić information content (AvgIpc) is 2.81. The number of nitrogens with zero attached hydrogens (tertiary/aromatic N) is 2. The van der Waals surface area contributed by atoms with Crippen molar-refractivity contribution in [2.45, 2.75) is 39.3 Å². The molecule has 1 rings (SSSR count). The van der Waals surface area contributed by atoms with Crippen molar-refractivity contribution < 1.29 is 0 Å². The largest absolute Gasteiger partial charge is 0.347 e. The zero-order valence-electron chi connectivity index (χ0n) is 11.5. The normalized spacial score (nSPS) is 13.5. The van der Waals surface area contributed by atoms with Crippen LogP contribution in [-0.2, 0) is 6.54 Å². The summed E-state index contributed by atoms with van der Waals surface area (Å²) < 4.78 is 0. The maximum atomic E-state index is 4.02. The summed E-state index contributed by atoms with van der Waals surface area (Å²) in [4.78, 5) is 9.46. The molecule has 98 valence electrons. The van der Waals surface area contributed by atoms with E-state index in [0.29, 0.717) is 6.04 Å². The van der Waals surface area contributed by atoms with Gasteiger partial charge in [0.2, 0.25) is 0 Å². The quantitative estimate of drug-likeness (QED) is 0.726. The molecule has 4 heteroatoms. The monoisotopic (exact) mass is 238 g/mol. The van der Waals surface area contributed by atoms with Crippen LogP contribution < -0.4 is 5.32 Å². The Kier molecular flexibility index (Phi) is 6.22. The molecule has 4 nitrogen and oxygen atoms in total. The van der Waals surface area contributed by atoms with Gasteiger partial charge in [-0.05, 0) is 20.0 Å². The van der Waals surface area contributed by atoms with Gasteiger partial charge >= 0.3 is 0 Å². The topological polar surface area (TPSA) is 44.0 Å². The van der Waals surface area contributed by atoms with E-state index < -0.39 is 0 Å². The molecule has 1 aromatic rings. The second kappa shape index (κ2) is 7.45. The zero-order chi connectivity index (χ0) is 12.7. The molecule has 0 aromatic carbocycles. The Bertz CT molecular complexity index is 278. The molecule has 1 heterocycles. The van der Waals surface area contributed by atoms with Crippen LogP contribution >= 0.6 is 0 Å². The lowest BCUT2D eigenvalue weighted by Gasteiger charge is -2.31. The smallest absolute Gasteiger partial charge is 0.0922 e. The third-order valence-electron chi connectivity index (χ3n) is 3.48. The van der Waals surface area contributed by atoms with Gasteiger partial charge in [0.05, 0.1) is 6.33 Å². The number of imidazole rings is 1. The number of H-pyrrole nitrogens is 1. The predicted molar refractivity (Wildman–Crippen MR) is 71.8 cm³/mol. The van der Waals surface area contributed by atoms with Crippen LogP contribution in [0.5, 0.6) is 0 Å². The standard InChI is InChI=1S/C13H26N4/c1-5-11(6-2)13(17(3)4)9-14-7-12-8-15-10-16-12/h8,10-11,13-14H,5-7,9H2,1-4H3,(H,15,16). The Morgan fingerprint density at radius 1 is 1.35 bits per heavy atom. The van der Waals surface area contributed by atoms with Gasteiger partial charge in [-0.15, -0.1) is 0 Å². The van der Waals surface area contributed by atoms with E-state index in [2.05, 4.69) is 48.1 Å². The maximum Gasteiger partial charge on any atom is 0.0922 e. The highest BCUT2D eigenvalue weighted by molar-refractivity contribution is 4.93. The summed E-state index contributed by atoms with van der Waals surface area (Å²) in [5.41, 5.74) is 1.15. The molecule has 17 heavy (non-hydrogen) atoms. The molecule has 1 atom stereocenters. The lowest BCUT2D eigenvalue weighted by Crippen LogP contribution is -2.42. The van der Waals surface area contributed by atoms with Crippen molar-refractivity contribution in [3.8, 4) is 0 Å². The van der Waals surface area contributed by atoms with Crippen LogP contribution in [0.1, 0.15) is 32.4 Å². The van der Waals surface area contributed by atoms with Crippen LogP contribution in [0.4, 0.5) is 0 Å². The molecule has 2 N–H and O–H groups in total. The SMILES string of the molecule is CCC(CC)C(CNCc1cnc[nH]1)N(C)C. The molecule has 0 aliphatic rings. The number of rotatable bonds is 8. The zero-order valence-corrected chi connectivity index (χ0v) is 11.5. The van der Waals surface area contributed by atoms with E-state index in [1.807, 2.05) is 6.20 Å². The van der Waals surface area contributed by atoms with E-state index in [0.717, 1.165) is 24.7 Å². The van der Waals surface area contributed by atoms with Gasteiger partial charge in [-0.3, -0.25) is 0 Å². The third-order valence-corrected chi connectivity index (χ3v) is 3.48. The van der Waals surface area contributed by atoms with Gasteiger partial charge in [-0.2, -0.15) is 0 Å². The molecule has 1 unspecified atom stereocenters. The molecule has 0 bridgehead atoms. The molecule has 0 saturated heterocycles. The van der Waals surface area contributed by atoms with Crippen molar-refractivity contribution in [1.29, 1.82) is 0 Å². The highest BCUT2D eigenvalue weighted by Gasteiger charge is 2.19. The van der Waals surface area contributed by atoms with Gasteiger partial charge in [0.25, 0.3) is 0 Å². The summed E-state index contributed by atoms with van der Waals surface area (Å²) in [6.07, 6.45) is 6.08. The summed E-state index contributed by atoms with van der Waals surface area (Å²) in [5.74, 6) is 0.763. The fourth-order valence-corrected chi connectivity index (χ4v) is 2.34. The fourth-order valence-electron chi connectivity index (χ4n) is 2.34. The van der Waals surface area contributed by atoms with Gasteiger partial charge in [0.1, 0.15) is 0 Å². The second-order valence-corrected chi connectivity index (χ2v) is 4.82. The molecule has 0 amide bonds. The first-order chi connectivity index (χ1) is 8.19. The van der Waals surface area contributed by atoms with Gasteiger partial charge < -0.3 is 15.2 Å². The van der Waals surface area contributed by atoms with Crippen molar-refractivity contribution in [3.63, 3.8) is 0 Å². The van der Waals surface area contributed by atoms with Gasteiger partial charge in [0, 0.05) is 31.0 Å². The number of likely N-dealkylation sites (N-methyl/N-ethyl adjacent to an activating group) is 1. The van der Waals surface area contributed by atoms with E-state index in [9.17, 15) is 0 Å². The average molecular weight is 238 g/mol. The number of hydrogen-bond donors (Lipinski definition) is 2. The molecule has 0 radical (unpaired) electrons. The molecule has 1 aromatic heterocycles. The lowest BCUT2D eigenvalue weighted by molar-refractivity contribution is 0.194. The summed E-state index contributed by atoms with van der Waals surface area (Å²) in [5, 5.41) is 3.51. The van der Waals surface area contributed by atoms with Crippen LogP contribution in [0.3, 0.4) is 0 Å². The van der Waals surface area contributed by atoms with E-state index >= 15 is 0 Å². The van der Waals surface area contributed by atoms with Gasteiger partial charge in [-0.1, -0.05) is 26.7 Å². The van der Waals surface area contributed by atoms with Crippen molar-refractivity contribution >= 4 is 0 Å². The first kappa shape index (κ1) is 14.2. The van der Waals surface area contributed by atoms with Crippen LogP contribution in [0.2, 0.25) is 0 Å². The molecule has 0 aliphatic carbocycles. The lowest BCUT2D eigenvalue weighted by atomic mass is 9.93. The maximum absolute atomic E-state index is 4.02.